The molecule has 0 aliphatic carbocycles. The van der Waals surface area contributed by atoms with E-state index in [-0.39, 0.29) is 5.91 Å². The Morgan fingerprint density at radius 3 is 2.36 bits per heavy atom. The van der Waals surface area contributed by atoms with Crippen molar-refractivity contribution in [2.24, 2.45) is 5.73 Å². The van der Waals surface area contributed by atoms with Crippen molar-refractivity contribution in [3.63, 3.8) is 0 Å². The van der Waals surface area contributed by atoms with E-state index in [9.17, 15) is 9.59 Å². The van der Waals surface area contributed by atoms with E-state index in [0.29, 0.717) is 11.3 Å². The van der Waals surface area contributed by atoms with Crippen LogP contribution in [-0.4, -0.2) is 16.8 Å². The SMILES string of the molecule is NC(=O)[C@H](NC(=O)c1cc2ccccc2[nH]1)c1ccccc1. The molecule has 1 aromatic heterocycles. The fraction of sp³-hybridized carbons (Fsp3) is 0.0588. The van der Waals surface area contributed by atoms with Gasteiger partial charge in [0.2, 0.25) is 5.91 Å². The number of primary amides is 1. The van der Waals surface area contributed by atoms with Gasteiger partial charge < -0.3 is 16.0 Å². The normalized spacial score (nSPS) is 12.0. The van der Waals surface area contributed by atoms with Gasteiger partial charge in [0.25, 0.3) is 5.91 Å². The molecule has 4 N–H and O–H groups in total. The van der Waals surface area contributed by atoms with Crippen LogP contribution in [0.1, 0.15) is 22.1 Å². The third-order valence-corrected chi connectivity index (χ3v) is 3.47. The van der Waals surface area contributed by atoms with Gasteiger partial charge >= 0.3 is 0 Å². The van der Waals surface area contributed by atoms with Crippen molar-refractivity contribution < 1.29 is 9.59 Å². The van der Waals surface area contributed by atoms with Gasteiger partial charge in [0, 0.05) is 10.9 Å². The van der Waals surface area contributed by atoms with E-state index in [1.165, 1.54) is 0 Å². The number of carbonyl (C=O) groups is 2. The fourth-order valence-corrected chi connectivity index (χ4v) is 2.37. The molecule has 2 aromatic carbocycles. The predicted octanol–water partition coefficient (Wildman–Crippen LogP) is 2.12. The molecule has 0 spiro atoms. The summed E-state index contributed by atoms with van der Waals surface area (Å²) in [6, 6.07) is 17.4. The molecule has 3 aromatic rings. The van der Waals surface area contributed by atoms with E-state index in [1.54, 1.807) is 30.3 Å². The second-order valence-corrected chi connectivity index (χ2v) is 4.99. The van der Waals surface area contributed by atoms with Crippen molar-refractivity contribution in [1.29, 1.82) is 0 Å². The number of nitrogens with one attached hydrogen (secondary N) is 2. The highest BCUT2D eigenvalue weighted by Gasteiger charge is 2.21. The Balaban J connectivity index is 1.86. The Labute approximate surface area is 127 Å². The molecule has 0 radical (unpaired) electrons. The summed E-state index contributed by atoms with van der Waals surface area (Å²) in [5, 5.41) is 3.60. The number of amides is 2. The number of hydrogen-bond donors (Lipinski definition) is 3. The van der Waals surface area contributed by atoms with Gasteiger partial charge in [-0.3, -0.25) is 9.59 Å². The summed E-state index contributed by atoms with van der Waals surface area (Å²) in [5.41, 5.74) is 7.31. The molecule has 0 aliphatic heterocycles. The average Bonchev–Trinajstić information content (AvgIpc) is 2.97. The summed E-state index contributed by atoms with van der Waals surface area (Å²) in [7, 11) is 0. The summed E-state index contributed by atoms with van der Waals surface area (Å²) >= 11 is 0. The maximum absolute atomic E-state index is 12.4. The molecule has 0 saturated carbocycles. The van der Waals surface area contributed by atoms with Crippen LogP contribution in [0.4, 0.5) is 0 Å². The minimum Gasteiger partial charge on any atom is -0.368 e. The van der Waals surface area contributed by atoms with Crippen LogP contribution in [-0.2, 0) is 4.79 Å². The molecular weight excluding hydrogens is 278 g/mol. The number of hydrogen-bond acceptors (Lipinski definition) is 2. The van der Waals surface area contributed by atoms with E-state index < -0.39 is 11.9 Å². The number of rotatable bonds is 4. The van der Waals surface area contributed by atoms with Gasteiger partial charge in [-0.1, -0.05) is 48.5 Å². The van der Waals surface area contributed by atoms with Crippen LogP contribution in [0.3, 0.4) is 0 Å². The number of benzene rings is 2. The number of carbonyl (C=O) groups excluding carboxylic acids is 2. The third-order valence-electron chi connectivity index (χ3n) is 3.47. The number of H-pyrrole nitrogens is 1. The Kier molecular flexibility index (Phi) is 3.62. The Hall–Kier alpha value is -3.08. The van der Waals surface area contributed by atoms with Crippen LogP contribution < -0.4 is 11.1 Å². The third kappa shape index (κ3) is 2.69. The summed E-state index contributed by atoms with van der Waals surface area (Å²) < 4.78 is 0. The first-order valence-corrected chi connectivity index (χ1v) is 6.88. The van der Waals surface area contributed by atoms with Crippen molar-refractivity contribution in [3.8, 4) is 0 Å². The molecule has 1 atom stereocenters. The lowest BCUT2D eigenvalue weighted by molar-refractivity contribution is -0.120. The summed E-state index contributed by atoms with van der Waals surface area (Å²) in [6.45, 7) is 0. The van der Waals surface area contributed by atoms with Gasteiger partial charge in [-0.2, -0.15) is 0 Å². The Morgan fingerprint density at radius 1 is 1.00 bits per heavy atom. The quantitative estimate of drug-likeness (QED) is 0.688. The van der Waals surface area contributed by atoms with Crippen molar-refractivity contribution in [2.45, 2.75) is 6.04 Å². The molecule has 110 valence electrons. The van der Waals surface area contributed by atoms with Crippen molar-refractivity contribution >= 4 is 22.7 Å². The lowest BCUT2D eigenvalue weighted by atomic mass is 10.1. The Morgan fingerprint density at radius 2 is 1.68 bits per heavy atom. The number of aromatic amines is 1. The van der Waals surface area contributed by atoms with E-state index in [4.69, 9.17) is 5.73 Å². The first-order chi connectivity index (χ1) is 10.6. The largest absolute Gasteiger partial charge is 0.368 e. The standard InChI is InChI=1S/C17H15N3O2/c18-16(21)15(11-6-2-1-3-7-11)20-17(22)14-10-12-8-4-5-9-13(12)19-14/h1-10,15,19H,(H2,18,21)(H,20,22)/t15-/m1/s1. The van der Waals surface area contributed by atoms with Crippen LogP contribution in [0.2, 0.25) is 0 Å². The lowest BCUT2D eigenvalue weighted by Crippen LogP contribution is -2.37. The zero-order chi connectivity index (χ0) is 15.5. The highest BCUT2D eigenvalue weighted by molar-refractivity contribution is 6.00. The van der Waals surface area contributed by atoms with Crippen molar-refractivity contribution in [2.75, 3.05) is 0 Å². The summed E-state index contributed by atoms with van der Waals surface area (Å²) in [6.07, 6.45) is 0. The molecular formula is C17H15N3O2. The van der Waals surface area contributed by atoms with Gasteiger partial charge in [0.05, 0.1) is 0 Å². The van der Waals surface area contributed by atoms with Crippen LogP contribution in [0.5, 0.6) is 0 Å². The van der Waals surface area contributed by atoms with Crippen LogP contribution in [0, 0.1) is 0 Å². The van der Waals surface area contributed by atoms with Gasteiger partial charge in [-0.25, -0.2) is 0 Å². The molecule has 5 nitrogen and oxygen atoms in total. The number of para-hydroxylation sites is 1. The number of nitrogens with two attached hydrogens (primary N) is 1. The highest BCUT2D eigenvalue weighted by atomic mass is 16.2. The molecule has 3 rings (SSSR count). The minimum atomic E-state index is -0.861. The minimum absolute atomic E-state index is 0.371. The van der Waals surface area contributed by atoms with E-state index in [0.717, 1.165) is 10.9 Å². The lowest BCUT2D eigenvalue weighted by Gasteiger charge is -2.15. The highest BCUT2D eigenvalue weighted by Crippen LogP contribution is 2.17. The van der Waals surface area contributed by atoms with Crippen LogP contribution in [0.15, 0.2) is 60.7 Å². The molecule has 0 bridgehead atoms. The second kappa shape index (κ2) is 5.73. The van der Waals surface area contributed by atoms with Crippen molar-refractivity contribution in [3.05, 3.63) is 71.9 Å². The molecule has 0 fully saturated rings. The topological polar surface area (TPSA) is 88.0 Å². The van der Waals surface area contributed by atoms with Crippen LogP contribution >= 0.6 is 0 Å². The molecule has 0 saturated heterocycles. The van der Waals surface area contributed by atoms with E-state index in [2.05, 4.69) is 10.3 Å². The van der Waals surface area contributed by atoms with E-state index >= 15 is 0 Å². The number of aromatic nitrogens is 1. The molecule has 0 aliphatic rings. The summed E-state index contributed by atoms with van der Waals surface area (Å²) in [4.78, 5) is 27.0. The summed E-state index contributed by atoms with van der Waals surface area (Å²) in [5.74, 6) is -0.973. The van der Waals surface area contributed by atoms with Gasteiger partial charge in [0.15, 0.2) is 0 Å². The van der Waals surface area contributed by atoms with Crippen LogP contribution in [0.25, 0.3) is 10.9 Å². The van der Waals surface area contributed by atoms with Crippen molar-refractivity contribution in [1.82, 2.24) is 10.3 Å². The first-order valence-electron chi connectivity index (χ1n) is 6.88. The predicted molar refractivity (Wildman–Crippen MR) is 84.1 cm³/mol. The zero-order valence-corrected chi connectivity index (χ0v) is 11.7. The average molecular weight is 293 g/mol. The van der Waals surface area contributed by atoms with Gasteiger partial charge in [-0.15, -0.1) is 0 Å². The Bertz CT molecular complexity index is 791. The zero-order valence-electron chi connectivity index (χ0n) is 11.7. The van der Waals surface area contributed by atoms with Gasteiger partial charge in [-0.05, 0) is 17.7 Å². The second-order valence-electron chi connectivity index (χ2n) is 4.99. The molecule has 0 unspecified atom stereocenters. The molecule has 2 amide bonds. The van der Waals surface area contributed by atoms with E-state index in [1.807, 2.05) is 30.3 Å². The monoisotopic (exact) mass is 293 g/mol. The smallest absolute Gasteiger partial charge is 0.268 e. The fourth-order valence-electron chi connectivity index (χ4n) is 2.37. The van der Waals surface area contributed by atoms with Gasteiger partial charge in [0.1, 0.15) is 11.7 Å². The molecule has 1 heterocycles. The maximum Gasteiger partial charge on any atom is 0.268 e. The molecule has 22 heavy (non-hydrogen) atoms. The molecule has 5 heteroatoms. The number of fused-ring (bicyclic) bond motifs is 1. The first kappa shape index (κ1) is 13.9. The maximum atomic E-state index is 12.4.